The standard InChI is InChI=1S/C25H24N2O3/c1-17-13-14-21(15-18(17)2)26-23(28)16-22(24(29)19-9-5-3-6-10-19)25(30)27-20-11-7-4-8-12-20/h3-15,22H,16H2,1-2H3,(H,26,28)(H,27,30). The number of nitrogens with one attached hydrogen (secondary N) is 2. The van der Waals surface area contributed by atoms with E-state index in [1.807, 2.05) is 32.0 Å². The van der Waals surface area contributed by atoms with Crippen molar-refractivity contribution in [1.29, 1.82) is 0 Å². The smallest absolute Gasteiger partial charge is 0.235 e. The minimum absolute atomic E-state index is 0.251. The third kappa shape index (κ3) is 5.41. The molecule has 1 atom stereocenters. The van der Waals surface area contributed by atoms with E-state index in [4.69, 9.17) is 0 Å². The van der Waals surface area contributed by atoms with Gasteiger partial charge in [-0.15, -0.1) is 0 Å². The van der Waals surface area contributed by atoms with Crippen molar-refractivity contribution in [2.75, 3.05) is 10.6 Å². The van der Waals surface area contributed by atoms with E-state index >= 15 is 0 Å². The van der Waals surface area contributed by atoms with Crippen LogP contribution in [0.15, 0.2) is 78.9 Å². The Labute approximate surface area is 176 Å². The molecule has 152 valence electrons. The van der Waals surface area contributed by atoms with Gasteiger partial charge in [0, 0.05) is 23.4 Å². The zero-order chi connectivity index (χ0) is 21.5. The normalized spacial score (nSPS) is 11.4. The SMILES string of the molecule is Cc1ccc(NC(=O)CC(C(=O)Nc2ccccc2)C(=O)c2ccccc2)cc1C. The molecule has 0 aliphatic rings. The largest absolute Gasteiger partial charge is 0.326 e. The minimum atomic E-state index is -1.14. The van der Waals surface area contributed by atoms with Crippen LogP contribution in [0.25, 0.3) is 0 Å². The Bertz CT molecular complexity index is 1050. The summed E-state index contributed by atoms with van der Waals surface area (Å²) in [5, 5.41) is 5.53. The van der Waals surface area contributed by atoms with Crippen LogP contribution in [0.4, 0.5) is 11.4 Å². The molecule has 0 bridgehead atoms. The first-order valence-electron chi connectivity index (χ1n) is 9.76. The number of ketones is 1. The van der Waals surface area contributed by atoms with Crippen molar-refractivity contribution >= 4 is 29.0 Å². The van der Waals surface area contributed by atoms with Gasteiger partial charge >= 0.3 is 0 Å². The Morgan fingerprint density at radius 1 is 0.733 bits per heavy atom. The molecule has 2 amide bonds. The van der Waals surface area contributed by atoms with Crippen molar-refractivity contribution in [3.05, 3.63) is 95.6 Å². The third-order valence-electron chi connectivity index (χ3n) is 4.91. The molecular formula is C25H24N2O3. The second kappa shape index (κ2) is 9.65. The van der Waals surface area contributed by atoms with E-state index in [2.05, 4.69) is 10.6 Å². The predicted octanol–water partition coefficient (Wildman–Crippen LogP) is 4.77. The predicted molar refractivity (Wildman–Crippen MR) is 118 cm³/mol. The van der Waals surface area contributed by atoms with E-state index in [1.54, 1.807) is 60.7 Å². The molecule has 0 saturated heterocycles. The second-order valence-electron chi connectivity index (χ2n) is 7.19. The fraction of sp³-hybridized carbons (Fsp3) is 0.160. The number of benzene rings is 3. The first-order chi connectivity index (χ1) is 14.4. The average Bonchev–Trinajstić information content (AvgIpc) is 2.75. The topological polar surface area (TPSA) is 75.3 Å². The molecule has 0 saturated carbocycles. The number of carbonyl (C=O) groups is 3. The summed E-state index contributed by atoms with van der Waals surface area (Å²) in [6, 6.07) is 23.0. The molecule has 3 rings (SSSR count). The van der Waals surface area contributed by atoms with Crippen LogP contribution in [0.1, 0.15) is 27.9 Å². The number of anilines is 2. The number of hydrogen-bond acceptors (Lipinski definition) is 3. The van der Waals surface area contributed by atoms with Crippen molar-refractivity contribution in [3.8, 4) is 0 Å². The summed E-state index contributed by atoms with van der Waals surface area (Å²) in [4.78, 5) is 38.6. The van der Waals surface area contributed by atoms with Gasteiger partial charge < -0.3 is 10.6 Å². The molecule has 0 spiro atoms. The lowest BCUT2D eigenvalue weighted by atomic mass is 9.93. The molecular weight excluding hydrogens is 376 g/mol. The molecule has 3 aromatic carbocycles. The van der Waals surface area contributed by atoms with Gasteiger partial charge in [0.2, 0.25) is 11.8 Å². The summed E-state index contributed by atoms with van der Waals surface area (Å²) in [5.74, 6) is -2.43. The molecule has 5 heteroatoms. The number of aryl methyl sites for hydroxylation is 2. The Hall–Kier alpha value is -3.73. The van der Waals surface area contributed by atoms with Gasteiger partial charge in [0.05, 0.1) is 0 Å². The number of Topliss-reactive ketones (excluding diaryl/α,β-unsaturated/α-hetero) is 1. The Balaban J connectivity index is 1.79. The lowest BCUT2D eigenvalue weighted by Gasteiger charge is -2.16. The van der Waals surface area contributed by atoms with Gasteiger partial charge in [0.1, 0.15) is 5.92 Å². The monoisotopic (exact) mass is 400 g/mol. The second-order valence-corrected chi connectivity index (χ2v) is 7.19. The van der Waals surface area contributed by atoms with Gasteiger partial charge in [-0.05, 0) is 49.2 Å². The van der Waals surface area contributed by atoms with Gasteiger partial charge in [-0.3, -0.25) is 14.4 Å². The van der Waals surface area contributed by atoms with Crippen molar-refractivity contribution in [1.82, 2.24) is 0 Å². The van der Waals surface area contributed by atoms with Crippen molar-refractivity contribution in [2.45, 2.75) is 20.3 Å². The summed E-state index contributed by atoms with van der Waals surface area (Å²) in [6.07, 6.45) is -0.251. The number of rotatable bonds is 7. The van der Waals surface area contributed by atoms with Crippen LogP contribution in [0.3, 0.4) is 0 Å². The third-order valence-corrected chi connectivity index (χ3v) is 4.91. The van der Waals surface area contributed by atoms with Crippen molar-refractivity contribution in [2.24, 2.45) is 5.92 Å². The Morgan fingerprint density at radius 2 is 1.37 bits per heavy atom. The lowest BCUT2D eigenvalue weighted by molar-refractivity contribution is -0.123. The summed E-state index contributed by atoms with van der Waals surface area (Å²) in [7, 11) is 0. The molecule has 0 aliphatic heterocycles. The van der Waals surface area contributed by atoms with Crippen LogP contribution >= 0.6 is 0 Å². The fourth-order valence-corrected chi connectivity index (χ4v) is 3.08. The van der Waals surface area contributed by atoms with Crippen LogP contribution in [0, 0.1) is 19.8 Å². The molecule has 0 fully saturated rings. The van der Waals surface area contributed by atoms with Crippen molar-refractivity contribution < 1.29 is 14.4 Å². The van der Waals surface area contributed by atoms with E-state index in [1.165, 1.54) is 0 Å². The maximum atomic E-state index is 13.0. The summed E-state index contributed by atoms with van der Waals surface area (Å²) in [6.45, 7) is 3.95. The highest BCUT2D eigenvalue weighted by atomic mass is 16.2. The highest BCUT2D eigenvalue weighted by Gasteiger charge is 2.30. The number of hydrogen-bond donors (Lipinski definition) is 2. The van der Waals surface area contributed by atoms with Crippen LogP contribution in [0.5, 0.6) is 0 Å². The van der Waals surface area contributed by atoms with E-state index in [0.717, 1.165) is 11.1 Å². The first kappa shape index (κ1) is 21.0. The van der Waals surface area contributed by atoms with Crippen LogP contribution in [-0.4, -0.2) is 17.6 Å². The number of amides is 2. The fourth-order valence-electron chi connectivity index (χ4n) is 3.08. The van der Waals surface area contributed by atoms with Crippen LogP contribution in [0.2, 0.25) is 0 Å². The van der Waals surface area contributed by atoms with Crippen molar-refractivity contribution in [3.63, 3.8) is 0 Å². The maximum Gasteiger partial charge on any atom is 0.235 e. The van der Waals surface area contributed by atoms with E-state index in [0.29, 0.717) is 16.9 Å². The van der Waals surface area contributed by atoms with Gasteiger partial charge in [-0.1, -0.05) is 54.6 Å². The Kier molecular flexibility index (Phi) is 6.75. The van der Waals surface area contributed by atoms with Gasteiger partial charge in [-0.25, -0.2) is 0 Å². The van der Waals surface area contributed by atoms with Crippen LogP contribution < -0.4 is 10.6 Å². The average molecular weight is 400 g/mol. The molecule has 0 aliphatic carbocycles. The van der Waals surface area contributed by atoms with Crippen LogP contribution in [-0.2, 0) is 9.59 Å². The Morgan fingerprint density at radius 3 is 2.00 bits per heavy atom. The number of carbonyl (C=O) groups excluding carboxylic acids is 3. The summed E-state index contributed by atoms with van der Waals surface area (Å²) < 4.78 is 0. The molecule has 3 aromatic rings. The first-order valence-corrected chi connectivity index (χ1v) is 9.76. The zero-order valence-corrected chi connectivity index (χ0v) is 17.0. The molecule has 2 N–H and O–H groups in total. The zero-order valence-electron chi connectivity index (χ0n) is 17.0. The summed E-state index contributed by atoms with van der Waals surface area (Å²) >= 11 is 0. The van der Waals surface area contributed by atoms with Gasteiger partial charge in [0.15, 0.2) is 5.78 Å². The molecule has 30 heavy (non-hydrogen) atoms. The van der Waals surface area contributed by atoms with E-state index < -0.39 is 17.7 Å². The lowest BCUT2D eigenvalue weighted by Crippen LogP contribution is -2.33. The molecule has 0 radical (unpaired) electrons. The molecule has 0 heterocycles. The van der Waals surface area contributed by atoms with E-state index in [-0.39, 0.29) is 12.2 Å². The quantitative estimate of drug-likeness (QED) is 0.443. The van der Waals surface area contributed by atoms with E-state index in [9.17, 15) is 14.4 Å². The maximum absolute atomic E-state index is 13.0. The molecule has 0 aromatic heterocycles. The molecule has 5 nitrogen and oxygen atoms in total. The highest BCUT2D eigenvalue weighted by molar-refractivity contribution is 6.15. The minimum Gasteiger partial charge on any atom is -0.326 e. The van der Waals surface area contributed by atoms with Gasteiger partial charge in [-0.2, -0.15) is 0 Å². The van der Waals surface area contributed by atoms with Gasteiger partial charge in [0.25, 0.3) is 0 Å². The number of para-hydroxylation sites is 1. The summed E-state index contributed by atoms with van der Waals surface area (Å²) in [5.41, 5.74) is 3.77. The highest BCUT2D eigenvalue weighted by Crippen LogP contribution is 2.19. The molecule has 1 unspecified atom stereocenters.